The maximum Gasteiger partial charge on any atom is 0.235 e. The first-order valence-corrected chi connectivity index (χ1v) is 10.3. The van der Waals surface area contributed by atoms with E-state index in [-0.39, 0.29) is 5.91 Å². The van der Waals surface area contributed by atoms with Gasteiger partial charge in [-0.2, -0.15) is 0 Å². The van der Waals surface area contributed by atoms with Crippen molar-refractivity contribution in [1.29, 1.82) is 0 Å². The lowest BCUT2D eigenvalue weighted by atomic mass is 9.99. The Morgan fingerprint density at radius 3 is 2.45 bits per heavy atom. The van der Waals surface area contributed by atoms with Gasteiger partial charge in [-0.1, -0.05) is 28.4 Å². The number of carbonyl (C=O) groups is 1. The highest BCUT2D eigenvalue weighted by atomic mass is 35.5. The monoisotopic (exact) mass is 431 g/mol. The Bertz CT molecular complexity index is 1040. The van der Waals surface area contributed by atoms with Crippen molar-refractivity contribution in [1.82, 2.24) is 10.1 Å². The van der Waals surface area contributed by atoms with Crippen molar-refractivity contribution >= 4 is 34.8 Å². The number of anilines is 1. The number of hydrogen-bond donors (Lipinski definition) is 0. The van der Waals surface area contributed by atoms with Crippen LogP contribution in [0.3, 0.4) is 0 Å². The Balaban J connectivity index is 1.27. The third kappa shape index (κ3) is 3.30. The molecule has 0 spiro atoms. The molecule has 29 heavy (non-hydrogen) atoms. The minimum Gasteiger partial charge on any atom is -0.461 e. The van der Waals surface area contributed by atoms with Crippen LogP contribution in [0.1, 0.15) is 18.5 Å². The molecule has 1 amide bonds. The highest BCUT2D eigenvalue weighted by Gasteiger charge is 2.55. The molecule has 1 aliphatic carbocycles. The Kier molecular flexibility index (Phi) is 4.56. The summed E-state index contributed by atoms with van der Waals surface area (Å²) in [6.45, 7) is 2.81. The molecular formula is C21H19Cl2N3O3. The van der Waals surface area contributed by atoms with Crippen LogP contribution in [-0.4, -0.2) is 42.1 Å². The van der Waals surface area contributed by atoms with Gasteiger partial charge in [-0.3, -0.25) is 4.79 Å². The number of amides is 1. The number of nitrogens with zero attached hydrogens (tertiary/aromatic N) is 3. The summed E-state index contributed by atoms with van der Waals surface area (Å²) >= 11 is 12.2. The van der Waals surface area contributed by atoms with E-state index < -0.39 is 5.41 Å². The smallest absolute Gasteiger partial charge is 0.235 e. The van der Waals surface area contributed by atoms with Gasteiger partial charge in [0.2, 0.25) is 11.7 Å². The molecule has 0 atom stereocenters. The molecule has 1 saturated carbocycles. The summed E-state index contributed by atoms with van der Waals surface area (Å²) in [6.07, 6.45) is 3.18. The van der Waals surface area contributed by atoms with Gasteiger partial charge in [0, 0.05) is 37.9 Å². The van der Waals surface area contributed by atoms with Gasteiger partial charge in [0.25, 0.3) is 0 Å². The van der Waals surface area contributed by atoms with E-state index >= 15 is 0 Å². The molecule has 2 fully saturated rings. The second-order valence-corrected chi connectivity index (χ2v) is 8.33. The summed E-state index contributed by atoms with van der Waals surface area (Å²) < 4.78 is 10.8. The van der Waals surface area contributed by atoms with Crippen LogP contribution in [-0.2, 0) is 10.2 Å². The van der Waals surface area contributed by atoms with Crippen molar-refractivity contribution in [2.45, 2.75) is 18.3 Å². The first-order valence-electron chi connectivity index (χ1n) is 9.57. The maximum atomic E-state index is 13.3. The van der Waals surface area contributed by atoms with Crippen LogP contribution in [0.25, 0.3) is 11.5 Å². The molecule has 0 radical (unpaired) electrons. The van der Waals surface area contributed by atoms with E-state index in [9.17, 15) is 4.79 Å². The Morgan fingerprint density at radius 1 is 1.00 bits per heavy atom. The first kappa shape index (κ1) is 18.6. The molecule has 0 unspecified atom stereocenters. The fourth-order valence-electron chi connectivity index (χ4n) is 3.89. The zero-order valence-electron chi connectivity index (χ0n) is 15.6. The van der Waals surface area contributed by atoms with E-state index in [2.05, 4.69) is 10.1 Å². The van der Waals surface area contributed by atoms with Crippen LogP contribution in [0, 0.1) is 0 Å². The van der Waals surface area contributed by atoms with Gasteiger partial charge in [-0.25, -0.2) is 0 Å². The fraction of sp³-hybridized carbons (Fsp3) is 0.333. The highest BCUT2D eigenvalue weighted by molar-refractivity contribution is 6.42. The van der Waals surface area contributed by atoms with Gasteiger partial charge in [0.05, 0.1) is 27.4 Å². The Morgan fingerprint density at radius 2 is 1.79 bits per heavy atom. The van der Waals surface area contributed by atoms with Gasteiger partial charge < -0.3 is 18.7 Å². The maximum absolute atomic E-state index is 13.3. The van der Waals surface area contributed by atoms with E-state index in [1.54, 1.807) is 18.4 Å². The highest BCUT2D eigenvalue weighted by Crippen LogP contribution is 2.50. The molecule has 1 aromatic carbocycles. The molecule has 8 heteroatoms. The molecule has 2 aliphatic rings. The Hall–Kier alpha value is -2.44. The largest absolute Gasteiger partial charge is 0.461 e. The van der Waals surface area contributed by atoms with Crippen LogP contribution in [0.2, 0.25) is 10.0 Å². The molecule has 3 heterocycles. The third-order valence-corrected chi connectivity index (χ3v) is 6.50. The van der Waals surface area contributed by atoms with Gasteiger partial charge in [0.1, 0.15) is 0 Å². The van der Waals surface area contributed by atoms with Crippen molar-refractivity contribution in [3.8, 4) is 11.5 Å². The average Bonchev–Trinajstić information content (AvgIpc) is 3.15. The molecule has 3 aromatic rings. The summed E-state index contributed by atoms with van der Waals surface area (Å²) in [5.41, 5.74) is 1.16. The molecular weight excluding hydrogens is 413 g/mol. The lowest BCUT2D eigenvalue weighted by Crippen LogP contribution is -2.51. The molecule has 0 bridgehead atoms. The summed E-state index contributed by atoms with van der Waals surface area (Å²) in [5, 5.41) is 5.27. The number of benzene rings is 1. The number of furan rings is 1. The predicted molar refractivity (Wildman–Crippen MR) is 110 cm³/mol. The van der Waals surface area contributed by atoms with Crippen molar-refractivity contribution in [3.63, 3.8) is 0 Å². The van der Waals surface area contributed by atoms with Crippen LogP contribution >= 0.6 is 23.2 Å². The van der Waals surface area contributed by atoms with E-state index in [0.717, 1.165) is 31.6 Å². The molecule has 0 N–H and O–H groups in total. The standard InChI is InChI=1S/C21H19Cl2N3O3/c22-15-4-3-14(12-16(15)23)25-7-9-26(10-8-25)20(27)21(5-6-21)19-13-18(29-24-19)17-2-1-11-28-17/h1-4,11-13H,5-10H2. The quantitative estimate of drug-likeness (QED) is 0.602. The number of hydrogen-bond acceptors (Lipinski definition) is 5. The van der Waals surface area contributed by atoms with Crippen LogP contribution in [0.5, 0.6) is 0 Å². The minimum absolute atomic E-state index is 0.130. The molecule has 2 aromatic heterocycles. The molecule has 1 aliphatic heterocycles. The SMILES string of the molecule is O=C(N1CCN(c2ccc(Cl)c(Cl)c2)CC1)C1(c2cc(-c3ccco3)on2)CC1. The first-order chi connectivity index (χ1) is 14.1. The minimum atomic E-state index is -0.555. The average molecular weight is 432 g/mol. The van der Waals surface area contributed by atoms with Crippen LogP contribution < -0.4 is 4.90 Å². The van der Waals surface area contributed by atoms with E-state index in [0.29, 0.717) is 40.3 Å². The normalized spacial score (nSPS) is 18.1. The molecule has 1 saturated heterocycles. The summed E-state index contributed by atoms with van der Waals surface area (Å²) in [5.74, 6) is 1.29. The van der Waals surface area contributed by atoms with Crippen LogP contribution in [0.4, 0.5) is 5.69 Å². The number of carbonyl (C=O) groups excluding carboxylic acids is 1. The molecule has 150 valence electrons. The van der Waals surface area contributed by atoms with Gasteiger partial charge in [0.15, 0.2) is 5.76 Å². The van der Waals surface area contributed by atoms with Crippen molar-refractivity contribution < 1.29 is 13.7 Å². The number of rotatable bonds is 4. The summed E-state index contributed by atoms with van der Waals surface area (Å²) in [6, 6.07) is 11.1. The van der Waals surface area contributed by atoms with E-state index in [1.807, 2.05) is 29.2 Å². The van der Waals surface area contributed by atoms with Gasteiger partial charge in [-0.05, 0) is 43.2 Å². The van der Waals surface area contributed by atoms with Gasteiger partial charge in [-0.15, -0.1) is 0 Å². The second-order valence-electron chi connectivity index (χ2n) is 7.51. The van der Waals surface area contributed by atoms with Crippen molar-refractivity contribution in [2.75, 3.05) is 31.1 Å². The zero-order valence-corrected chi connectivity index (χ0v) is 17.1. The summed E-state index contributed by atoms with van der Waals surface area (Å²) in [7, 11) is 0. The third-order valence-electron chi connectivity index (χ3n) is 5.76. The van der Waals surface area contributed by atoms with E-state index in [4.69, 9.17) is 32.1 Å². The zero-order chi connectivity index (χ0) is 20.0. The topological polar surface area (TPSA) is 62.7 Å². The number of piperazine rings is 1. The van der Waals surface area contributed by atoms with E-state index in [1.165, 1.54) is 0 Å². The van der Waals surface area contributed by atoms with Crippen molar-refractivity contribution in [2.24, 2.45) is 0 Å². The molecule has 6 nitrogen and oxygen atoms in total. The lowest BCUT2D eigenvalue weighted by Gasteiger charge is -2.37. The number of halogens is 2. The van der Waals surface area contributed by atoms with Crippen LogP contribution in [0.15, 0.2) is 51.6 Å². The van der Waals surface area contributed by atoms with Gasteiger partial charge >= 0.3 is 0 Å². The molecule has 5 rings (SSSR count). The predicted octanol–water partition coefficient (Wildman–Crippen LogP) is 4.62. The lowest BCUT2D eigenvalue weighted by molar-refractivity contribution is -0.134. The van der Waals surface area contributed by atoms with Crippen molar-refractivity contribution in [3.05, 3.63) is 58.4 Å². The summed E-state index contributed by atoms with van der Waals surface area (Å²) in [4.78, 5) is 17.4. The second kappa shape index (κ2) is 7.11. The Labute approximate surface area is 178 Å². The number of aromatic nitrogens is 1. The fourth-order valence-corrected chi connectivity index (χ4v) is 4.18.